The molecule has 5 nitrogen and oxygen atoms in total. The SMILES string of the molecule is COc1ccc(F)c(CN2CCC[C@H](C(=O)c3ccc(OC)c(OC)c3)C2)c1. The lowest BCUT2D eigenvalue weighted by molar-refractivity contribution is 0.0810. The van der Waals surface area contributed by atoms with Crippen molar-refractivity contribution >= 4 is 5.78 Å². The van der Waals surface area contributed by atoms with Gasteiger partial charge in [0.2, 0.25) is 0 Å². The molecule has 1 saturated heterocycles. The molecule has 2 aromatic carbocycles. The van der Waals surface area contributed by atoms with Gasteiger partial charge in [-0.1, -0.05) is 0 Å². The molecule has 0 saturated carbocycles. The van der Waals surface area contributed by atoms with Gasteiger partial charge in [-0.3, -0.25) is 9.69 Å². The maximum absolute atomic E-state index is 14.2. The molecule has 28 heavy (non-hydrogen) atoms. The largest absolute Gasteiger partial charge is 0.497 e. The lowest BCUT2D eigenvalue weighted by Crippen LogP contribution is -2.38. The van der Waals surface area contributed by atoms with Gasteiger partial charge in [-0.2, -0.15) is 0 Å². The van der Waals surface area contributed by atoms with Gasteiger partial charge in [-0.25, -0.2) is 4.39 Å². The fourth-order valence-electron chi connectivity index (χ4n) is 3.68. The summed E-state index contributed by atoms with van der Waals surface area (Å²) in [5.41, 5.74) is 1.19. The number of benzene rings is 2. The van der Waals surface area contributed by atoms with Crippen molar-refractivity contribution in [1.82, 2.24) is 4.90 Å². The monoisotopic (exact) mass is 387 g/mol. The molecule has 1 aliphatic rings. The third-order valence-corrected chi connectivity index (χ3v) is 5.19. The van der Waals surface area contributed by atoms with Gasteiger partial charge in [0.1, 0.15) is 11.6 Å². The zero-order chi connectivity index (χ0) is 20.1. The van der Waals surface area contributed by atoms with Crippen LogP contribution in [0.2, 0.25) is 0 Å². The van der Waals surface area contributed by atoms with E-state index in [0.717, 1.165) is 19.4 Å². The number of halogens is 1. The second-order valence-electron chi connectivity index (χ2n) is 6.97. The minimum atomic E-state index is -0.255. The van der Waals surface area contributed by atoms with E-state index in [-0.39, 0.29) is 17.5 Å². The minimum Gasteiger partial charge on any atom is -0.497 e. The second-order valence-corrected chi connectivity index (χ2v) is 6.97. The van der Waals surface area contributed by atoms with E-state index < -0.39 is 0 Å². The Bertz CT molecular complexity index is 839. The Balaban J connectivity index is 1.72. The number of ether oxygens (including phenoxy) is 3. The topological polar surface area (TPSA) is 48.0 Å². The molecule has 1 fully saturated rings. The highest BCUT2D eigenvalue weighted by Gasteiger charge is 2.27. The van der Waals surface area contributed by atoms with E-state index in [1.807, 2.05) is 0 Å². The maximum atomic E-state index is 14.2. The Kier molecular flexibility index (Phi) is 6.52. The third-order valence-electron chi connectivity index (χ3n) is 5.19. The van der Waals surface area contributed by atoms with Crippen molar-refractivity contribution in [2.24, 2.45) is 5.92 Å². The number of piperidine rings is 1. The molecule has 3 rings (SSSR count). The first-order valence-corrected chi connectivity index (χ1v) is 9.36. The molecule has 2 aromatic rings. The van der Waals surface area contributed by atoms with E-state index in [1.165, 1.54) is 6.07 Å². The summed E-state index contributed by atoms with van der Waals surface area (Å²) >= 11 is 0. The fraction of sp³-hybridized carbons (Fsp3) is 0.409. The number of hydrogen-bond donors (Lipinski definition) is 0. The number of ketones is 1. The Morgan fingerprint density at radius 3 is 2.57 bits per heavy atom. The van der Waals surface area contributed by atoms with Crippen LogP contribution < -0.4 is 14.2 Å². The summed E-state index contributed by atoms with van der Waals surface area (Å²) in [4.78, 5) is 15.1. The van der Waals surface area contributed by atoms with Gasteiger partial charge in [0, 0.05) is 30.1 Å². The van der Waals surface area contributed by atoms with Crippen LogP contribution in [0, 0.1) is 11.7 Å². The van der Waals surface area contributed by atoms with Gasteiger partial charge in [-0.15, -0.1) is 0 Å². The number of methoxy groups -OCH3 is 3. The van der Waals surface area contributed by atoms with Gasteiger partial charge in [0.25, 0.3) is 0 Å². The van der Waals surface area contributed by atoms with Crippen molar-refractivity contribution in [3.8, 4) is 17.2 Å². The molecule has 0 spiro atoms. The van der Waals surface area contributed by atoms with Crippen molar-refractivity contribution in [3.05, 3.63) is 53.3 Å². The van der Waals surface area contributed by atoms with Crippen LogP contribution in [0.4, 0.5) is 4.39 Å². The van der Waals surface area contributed by atoms with Crippen LogP contribution in [0.1, 0.15) is 28.8 Å². The van der Waals surface area contributed by atoms with Gasteiger partial charge in [0.15, 0.2) is 17.3 Å². The molecule has 0 aromatic heterocycles. The summed E-state index contributed by atoms with van der Waals surface area (Å²) in [6.45, 7) is 1.90. The number of likely N-dealkylation sites (tertiary alicyclic amines) is 1. The van der Waals surface area contributed by atoms with E-state index in [4.69, 9.17) is 14.2 Å². The predicted molar refractivity (Wildman–Crippen MR) is 105 cm³/mol. The van der Waals surface area contributed by atoms with E-state index in [2.05, 4.69) is 4.90 Å². The summed E-state index contributed by atoms with van der Waals surface area (Å²) in [5, 5.41) is 0. The van der Waals surface area contributed by atoms with Gasteiger partial charge in [-0.05, 0) is 55.8 Å². The van der Waals surface area contributed by atoms with Crippen LogP contribution in [-0.2, 0) is 6.54 Å². The van der Waals surface area contributed by atoms with Crippen molar-refractivity contribution in [2.45, 2.75) is 19.4 Å². The van der Waals surface area contributed by atoms with Crippen LogP contribution in [-0.4, -0.2) is 45.1 Å². The molecule has 1 atom stereocenters. The van der Waals surface area contributed by atoms with E-state index in [0.29, 0.717) is 41.5 Å². The Morgan fingerprint density at radius 2 is 1.86 bits per heavy atom. The molecule has 0 bridgehead atoms. The minimum absolute atomic E-state index is 0.0803. The fourth-order valence-corrected chi connectivity index (χ4v) is 3.68. The van der Waals surface area contributed by atoms with Crippen molar-refractivity contribution in [3.63, 3.8) is 0 Å². The van der Waals surface area contributed by atoms with E-state index in [9.17, 15) is 9.18 Å². The quantitative estimate of drug-likeness (QED) is 0.674. The normalized spacial score (nSPS) is 17.2. The zero-order valence-electron chi connectivity index (χ0n) is 16.5. The third kappa shape index (κ3) is 4.44. The molecule has 0 N–H and O–H groups in total. The van der Waals surface area contributed by atoms with Gasteiger partial charge < -0.3 is 14.2 Å². The summed E-state index contributed by atoms with van der Waals surface area (Å²) in [6, 6.07) is 9.99. The van der Waals surface area contributed by atoms with Crippen LogP contribution >= 0.6 is 0 Å². The average molecular weight is 387 g/mol. The standard InChI is InChI=1S/C22H26FNO4/c1-26-18-7-8-19(23)17(11-18)14-24-10-4-5-16(13-24)22(25)15-6-9-20(27-2)21(12-15)28-3/h6-9,11-12,16H,4-5,10,13-14H2,1-3H3/t16-/m0/s1. The zero-order valence-corrected chi connectivity index (χ0v) is 16.5. The summed E-state index contributed by atoms with van der Waals surface area (Å²) < 4.78 is 29.9. The van der Waals surface area contributed by atoms with Crippen LogP contribution in [0.5, 0.6) is 17.2 Å². The second kappa shape index (κ2) is 9.06. The number of rotatable bonds is 7. The number of Topliss-reactive ketones (excluding diaryl/α,β-unsaturated/α-hetero) is 1. The highest BCUT2D eigenvalue weighted by atomic mass is 19.1. The number of nitrogens with zero attached hydrogens (tertiary/aromatic N) is 1. The van der Waals surface area contributed by atoms with Crippen molar-refractivity contribution < 1.29 is 23.4 Å². The average Bonchev–Trinajstić information content (AvgIpc) is 2.74. The summed E-state index contributed by atoms with van der Waals surface area (Å²) in [7, 11) is 4.68. The number of hydrogen-bond acceptors (Lipinski definition) is 5. The molecule has 150 valence electrons. The molecule has 6 heteroatoms. The lowest BCUT2D eigenvalue weighted by atomic mass is 9.89. The highest BCUT2D eigenvalue weighted by Crippen LogP contribution is 2.30. The molecule has 0 radical (unpaired) electrons. The number of carbonyl (C=O) groups is 1. The summed E-state index contributed by atoms with van der Waals surface area (Å²) in [5.74, 6) is 1.47. The molecular weight excluding hydrogens is 361 g/mol. The van der Waals surface area contributed by atoms with Crippen LogP contribution in [0.15, 0.2) is 36.4 Å². The van der Waals surface area contributed by atoms with Crippen molar-refractivity contribution in [2.75, 3.05) is 34.4 Å². The molecule has 0 aliphatic carbocycles. The van der Waals surface area contributed by atoms with Crippen LogP contribution in [0.25, 0.3) is 0 Å². The highest BCUT2D eigenvalue weighted by molar-refractivity contribution is 5.98. The first-order valence-electron chi connectivity index (χ1n) is 9.36. The molecule has 1 heterocycles. The Morgan fingerprint density at radius 1 is 1.07 bits per heavy atom. The smallest absolute Gasteiger partial charge is 0.167 e. The molecule has 0 amide bonds. The van der Waals surface area contributed by atoms with Gasteiger partial charge >= 0.3 is 0 Å². The molecule has 0 unspecified atom stereocenters. The van der Waals surface area contributed by atoms with Gasteiger partial charge in [0.05, 0.1) is 21.3 Å². The van der Waals surface area contributed by atoms with E-state index >= 15 is 0 Å². The van der Waals surface area contributed by atoms with E-state index in [1.54, 1.807) is 51.7 Å². The summed E-state index contributed by atoms with van der Waals surface area (Å²) in [6.07, 6.45) is 1.72. The maximum Gasteiger partial charge on any atom is 0.167 e. The first-order chi connectivity index (χ1) is 13.5. The number of carbonyl (C=O) groups excluding carboxylic acids is 1. The molecule has 1 aliphatic heterocycles. The first kappa shape index (κ1) is 20.1. The van der Waals surface area contributed by atoms with Crippen molar-refractivity contribution in [1.29, 1.82) is 0 Å². The Hall–Kier alpha value is -2.60. The Labute approximate surface area is 165 Å². The predicted octanol–water partition coefficient (Wildman–Crippen LogP) is 3.95. The lowest BCUT2D eigenvalue weighted by Gasteiger charge is -2.32. The molecular formula is C22H26FNO4. The van der Waals surface area contributed by atoms with Crippen LogP contribution in [0.3, 0.4) is 0 Å².